The van der Waals surface area contributed by atoms with Crippen LogP contribution < -0.4 is 4.90 Å². The number of furan rings is 1. The number of hydrogen-bond acceptors (Lipinski definition) is 2. The molecule has 0 amide bonds. The highest BCUT2D eigenvalue weighted by atomic mass is 16.3. The topological polar surface area (TPSA) is 16.4 Å². The summed E-state index contributed by atoms with van der Waals surface area (Å²) in [6, 6.07) is 75.2. The quantitative estimate of drug-likeness (QED) is 0.161. The van der Waals surface area contributed by atoms with Gasteiger partial charge in [0, 0.05) is 28.0 Å². The SMILES string of the molecule is c1ccc(-c2ccc(N(c3ccc(-c4cccc(-c5cc6ccccc6o5)c4)cc3)c3ccc(-c4ccccc4-c4ccccc4)cc3)cc2)cc1. The highest BCUT2D eigenvalue weighted by Gasteiger charge is 2.15. The molecule has 0 aliphatic carbocycles. The van der Waals surface area contributed by atoms with Gasteiger partial charge in [0.05, 0.1) is 0 Å². The minimum Gasteiger partial charge on any atom is -0.456 e. The Morgan fingerprint density at radius 2 is 0.712 bits per heavy atom. The van der Waals surface area contributed by atoms with Crippen molar-refractivity contribution in [2.75, 3.05) is 4.90 Å². The van der Waals surface area contributed by atoms with E-state index in [9.17, 15) is 0 Å². The average Bonchev–Trinajstić information content (AvgIpc) is 3.67. The number of anilines is 3. The van der Waals surface area contributed by atoms with Crippen LogP contribution in [-0.2, 0) is 0 Å². The predicted molar refractivity (Wildman–Crippen MR) is 218 cm³/mol. The normalized spacial score (nSPS) is 11.1. The number of rotatable bonds is 8. The van der Waals surface area contributed by atoms with E-state index in [1.807, 2.05) is 18.2 Å². The van der Waals surface area contributed by atoms with Gasteiger partial charge in [0.2, 0.25) is 0 Å². The van der Waals surface area contributed by atoms with Crippen molar-refractivity contribution in [3.8, 4) is 55.8 Å². The molecular weight excluding hydrogens is 631 g/mol. The zero-order chi connectivity index (χ0) is 34.7. The lowest BCUT2D eigenvalue weighted by molar-refractivity contribution is 0.631. The van der Waals surface area contributed by atoms with Crippen LogP contribution in [0.4, 0.5) is 17.1 Å². The molecule has 0 N–H and O–H groups in total. The molecular formula is C50H35NO. The number of benzene rings is 8. The Morgan fingerprint density at radius 1 is 0.288 bits per heavy atom. The second-order valence-electron chi connectivity index (χ2n) is 13.0. The molecule has 0 fully saturated rings. The molecule has 1 aromatic heterocycles. The maximum Gasteiger partial charge on any atom is 0.135 e. The predicted octanol–water partition coefficient (Wildman–Crippen LogP) is 14.2. The summed E-state index contributed by atoms with van der Waals surface area (Å²) in [5.41, 5.74) is 14.8. The van der Waals surface area contributed by atoms with Crippen molar-refractivity contribution in [1.82, 2.24) is 0 Å². The fourth-order valence-electron chi connectivity index (χ4n) is 7.05. The molecule has 0 saturated heterocycles. The van der Waals surface area contributed by atoms with Gasteiger partial charge in [0.15, 0.2) is 0 Å². The number of fused-ring (bicyclic) bond motifs is 1. The monoisotopic (exact) mass is 665 g/mol. The van der Waals surface area contributed by atoms with Gasteiger partial charge in [-0.25, -0.2) is 0 Å². The molecule has 9 aromatic rings. The lowest BCUT2D eigenvalue weighted by Gasteiger charge is -2.26. The average molecular weight is 666 g/mol. The fourth-order valence-corrected chi connectivity index (χ4v) is 7.05. The molecule has 2 heteroatoms. The zero-order valence-electron chi connectivity index (χ0n) is 28.6. The maximum absolute atomic E-state index is 6.19. The molecule has 8 aromatic carbocycles. The van der Waals surface area contributed by atoms with Crippen molar-refractivity contribution in [1.29, 1.82) is 0 Å². The van der Waals surface area contributed by atoms with E-state index in [0.29, 0.717) is 0 Å². The first-order valence-corrected chi connectivity index (χ1v) is 17.7. The standard InChI is InChI=1S/C50H35NO/c1-3-12-36(13-4-1)37-22-28-44(29-23-37)51(46-32-26-40(27-33-46)48-20-9-8-19-47(48)39-14-5-2-6-15-39)45-30-24-38(25-31-45)41-17-11-18-42(34-41)50-35-43-16-7-10-21-49(43)52-50/h1-35H. The largest absolute Gasteiger partial charge is 0.456 e. The Labute approximate surface area is 304 Å². The first-order valence-electron chi connectivity index (χ1n) is 17.7. The van der Waals surface area contributed by atoms with E-state index in [4.69, 9.17) is 4.42 Å². The minimum absolute atomic E-state index is 0.875. The van der Waals surface area contributed by atoms with Gasteiger partial charge in [-0.1, -0.05) is 158 Å². The van der Waals surface area contributed by atoms with Gasteiger partial charge in [-0.3, -0.25) is 0 Å². The minimum atomic E-state index is 0.875. The summed E-state index contributed by atoms with van der Waals surface area (Å²) < 4.78 is 6.19. The van der Waals surface area contributed by atoms with Crippen molar-refractivity contribution in [2.45, 2.75) is 0 Å². The van der Waals surface area contributed by atoms with Gasteiger partial charge in [-0.05, 0) is 99.1 Å². The van der Waals surface area contributed by atoms with E-state index in [0.717, 1.165) is 50.5 Å². The molecule has 0 aliphatic heterocycles. The van der Waals surface area contributed by atoms with Crippen molar-refractivity contribution in [3.05, 3.63) is 212 Å². The van der Waals surface area contributed by atoms with Gasteiger partial charge < -0.3 is 9.32 Å². The summed E-state index contributed by atoms with van der Waals surface area (Å²) in [6.07, 6.45) is 0. The highest BCUT2D eigenvalue weighted by molar-refractivity contribution is 5.87. The third kappa shape index (κ3) is 6.19. The molecule has 2 nitrogen and oxygen atoms in total. The van der Waals surface area contributed by atoms with Gasteiger partial charge in [-0.2, -0.15) is 0 Å². The Balaban J connectivity index is 1.07. The highest BCUT2D eigenvalue weighted by Crippen LogP contribution is 2.39. The van der Waals surface area contributed by atoms with E-state index in [1.165, 1.54) is 33.4 Å². The summed E-state index contributed by atoms with van der Waals surface area (Å²) in [6.45, 7) is 0. The summed E-state index contributed by atoms with van der Waals surface area (Å²) in [5, 5.41) is 1.11. The van der Waals surface area contributed by atoms with Crippen LogP contribution in [0, 0.1) is 0 Å². The van der Waals surface area contributed by atoms with Crippen LogP contribution in [0.15, 0.2) is 217 Å². The van der Waals surface area contributed by atoms with Crippen LogP contribution in [0.25, 0.3) is 66.8 Å². The van der Waals surface area contributed by atoms with Gasteiger partial charge >= 0.3 is 0 Å². The van der Waals surface area contributed by atoms with Crippen LogP contribution >= 0.6 is 0 Å². The third-order valence-electron chi connectivity index (χ3n) is 9.71. The molecule has 0 bridgehead atoms. The summed E-state index contributed by atoms with van der Waals surface area (Å²) in [7, 11) is 0. The molecule has 1 heterocycles. The third-order valence-corrected chi connectivity index (χ3v) is 9.71. The Morgan fingerprint density at radius 3 is 1.31 bits per heavy atom. The van der Waals surface area contributed by atoms with Crippen LogP contribution in [0.1, 0.15) is 0 Å². The molecule has 246 valence electrons. The van der Waals surface area contributed by atoms with E-state index < -0.39 is 0 Å². The molecule has 0 radical (unpaired) electrons. The van der Waals surface area contributed by atoms with Crippen LogP contribution in [0.3, 0.4) is 0 Å². The molecule has 0 atom stereocenters. The number of hydrogen-bond donors (Lipinski definition) is 0. The summed E-state index contributed by atoms with van der Waals surface area (Å²) in [5.74, 6) is 0.875. The number of para-hydroxylation sites is 1. The molecule has 52 heavy (non-hydrogen) atoms. The Bertz CT molecular complexity index is 2550. The molecule has 0 aliphatic rings. The smallest absolute Gasteiger partial charge is 0.135 e. The maximum atomic E-state index is 6.19. The van der Waals surface area contributed by atoms with Crippen LogP contribution in [-0.4, -0.2) is 0 Å². The lowest BCUT2D eigenvalue weighted by atomic mass is 9.94. The van der Waals surface area contributed by atoms with E-state index in [-0.39, 0.29) is 0 Å². The van der Waals surface area contributed by atoms with Crippen molar-refractivity contribution in [2.24, 2.45) is 0 Å². The van der Waals surface area contributed by atoms with Gasteiger partial charge in [0.25, 0.3) is 0 Å². The summed E-state index contributed by atoms with van der Waals surface area (Å²) >= 11 is 0. The molecule has 0 spiro atoms. The molecule has 0 saturated carbocycles. The van der Waals surface area contributed by atoms with E-state index in [1.54, 1.807) is 0 Å². The Hall–Kier alpha value is -6.90. The second-order valence-corrected chi connectivity index (χ2v) is 13.0. The van der Waals surface area contributed by atoms with Crippen LogP contribution in [0.5, 0.6) is 0 Å². The molecule has 9 rings (SSSR count). The van der Waals surface area contributed by atoms with Crippen molar-refractivity contribution in [3.63, 3.8) is 0 Å². The van der Waals surface area contributed by atoms with E-state index >= 15 is 0 Å². The van der Waals surface area contributed by atoms with Crippen molar-refractivity contribution < 1.29 is 4.42 Å². The lowest BCUT2D eigenvalue weighted by Crippen LogP contribution is -2.09. The van der Waals surface area contributed by atoms with Gasteiger partial charge in [-0.15, -0.1) is 0 Å². The Kier molecular flexibility index (Phi) is 8.24. The summed E-state index contributed by atoms with van der Waals surface area (Å²) in [4.78, 5) is 2.33. The zero-order valence-corrected chi connectivity index (χ0v) is 28.6. The van der Waals surface area contributed by atoms with Gasteiger partial charge in [0.1, 0.15) is 11.3 Å². The molecule has 0 unspecified atom stereocenters. The second kappa shape index (κ2) is 13.8. The fraction of sp³-hybridized carbons (Fsp3) is 0. The first-order chi connectivity index (χ1) is 25.8. The van der Waals surface area contributed by atoms with Crippen molar-refractivity contribution >= 4 is 28.0 Å². The first kappa shape index (κ1) is 31.1. The van der Waals surface area contributed by atoms with Crippen LogP contribution in [0.2, 0.25) is 0 Å². The number of nitrogens with zero attached hydrogens (tertiary/aromatic N) is 1. The van der Waals surface area contributed by atoms with E-state index in [2.05, 4.69) is 199 Å².